The highest BCUT2D eigenvalue weighted by Gasteiger charge is 2.21. The van der Waals surface area contributed by atoms with E-state index < -0.39 is 0 Å². The van der Waals surface area contributed by atoms with Crippen molar-refractivity contribution in [2.75, 3.05) is 13.7 Å². The number of ether oxygens (including phenoxy) is 1. The number of allylic oxidation sites excluding steroid dienone is 8. The Kier molecular flexibility index (Phi) is 24.7. The Morgan fingerprint density at radius 3 is 2.11 bits per heavy atom. The molecular formula is C33H54N2O2. The minimum atomic E-state index is -0.292. The molecule has 0 aromatic heterocycles. The van der Waals surface area contributed by atoms with E-state index in [1.54, 1.807) is 19.3 Å². The fourth-order valence-electron chi connectivity index (χ4n) is 4.29. The average molecular weight is 511 g/mol. The molecule has 37 heavy (non-hydrogen) atoms. The maximum atomic E-state index is 12.7. The van der Waals surface area contributed by atoms with Crippen molar-refractivity contribution < 1.29 is 9.53 Å². The molecule has 1 saturated carbocycles. The molecule has 0 unspecified atom stereocenters. The lowest BCUT2D eigenvalue weighted by Crippen LogP contribution is -2.14. The SMILES string of the molecule is C/C=C(C=NC)/C(=C(\C=C/CC)C(/C)=C/CC)C(=C\C)/C(=O)OCCC.CC#N.CCCC1CCCC1. The Balaban J connectivity index is 0. The third-order valence-corrected chi connectivity index (χ3v) is 5.98. The van der Waals surface area contributed by atoms with Gasteiger partial charge in [-0.3, -0.25) is 4.99 Å². The molecule has 1 rings (SSSR count). The second-order valence-corrected chi connectivity index (χ2v) is 9.03. The Labute approximate surface area is 229 Å². The van der Waals surface area contributed by atoms with Gasteiger partial charge in [0, 0.05) is 25.8 Å². The van der Waals surface area contributed by atoms with Crippen molar-refractivity contribution in [1.29, 1.82) is 5.26 Å². The smallest absolute Gasteiger partial charge is 0.338 e. The van der Waals surface area contributed by atoms with Crippen LogP contribution in [0.1, 0.15) is 113 Å². The highest BCUT2D eigenvalue weighted by atomic mass is 16.5. The zero-order valence-corrected chi connectivity index (χ0v) is 25.3. The molecule has 0 aromatic carbocycles. The highest BCUT2D eigenvalue weighted by Crippen LogP contribution is 2.30. The van der Waals surface area contributed by atoms with Crippen LogP contribution in [-0.2, 0) is 9.53 Å². The summed E-state index contributed by atoms with van der Waals surface area (Å²) < 4.78 is 5.44. The molecule has 1 fully saturated rings. The molecule has 0 radical (unpaired) electrons. The van der Waals surface area contributed by atoms with Gasteiger partial charge in [-0.25, -0.2) is 4.79 Å². The summed E-state index contributed by atoms with van der Waals surface area (Å²) in [7, 11) is 1.74. The summed E-state index contributed by atoms with van der Waals surface area (Å²) in [6, 6.07) is 1.75. The molecule has 4 nitrogen and oxygen atoms in total. The van der Waals surface area contributed by atoms with E-state index in [-0.39, 0.29) is 5.97 Å². The molecule has 208 valence electrons. The summed E-state index contributed by atoms with van der Waals surface area (Å²) >= 11 is 0. The first-order valence-electron chi connectivity index (χ1n) is 14.2. The lowest BCUT2D eigenvalue weighted by molar-refractivity contribution is -0.138. The van der Waals surface area contributed by atoms with Crippen molar-refractivity contribution in [3.05, 3.63) is 58.2 Å². The van der Waals surface area contributed by atoms with E-state index in [0.717, 1.165) is 47.5 Å². The number of nitriles is 1. The van der Waals surface area contributed by atoms with Crippen LogP contribution < -0.4 is 0 Å². The van der Waals surface area contributed by atoms with Crippen molar-refractivity contribution in [1.82, 2.24) is 0 Å². The van der Waals surface area contributed by atoms with Gasteiger partial charge in [0.25, 0.3) is 0 Å². The second-order valence-electron chi connectivity index (χ2n) is 9.03. The van der Waals surface area contributed by atoms with Crippen LogP contribution in [0.5, 0.6) is 0 Å². The summed E-state index contributed by atoms with van der Waals surface area (Å²) in [6.07, 6.45) is 23.6. The number of nitrogens with zero attached hydrogens (tertiary/aromatic N) is 2. The molecule has 0 aliphatic heterocycles. The zero-order chi connectivity index (χ0) is 28.5. The molecule has 0 amide bonds. The van der Waals surface area contributed by atoms with Crippen molar-refractivity contribution in [3.8, 4) is 6.07 Å². The lowest BCUT2D eigenvalue weighted by Gasteiger charge is -2.17. The molecule has 0 heterocycles. The van der Waals surface area contributed by atoms with Crippen LogP contribution in [0.25, 0.3) is 0 Å². The van der Waals surface area contributed by atoms with Crippen molar-refractivity contribution in [3.63, 3.8) is 0 Å². The standard InChI is InChI=1S/C23H35NO2.C8H16.C2H3N/c1-8-13-15-21(18(6)14-9-2)22(19(11-4)17-24-7)20(12-5)23(25)26-16-10-3;1-2-5-8-6-3-4-7-8;1-2-3/h11-15,17H,8-10,16H2,1-7H3;8H,2-7H2,1H3;1H3/b15-13-,18-14+,19-11+,20-12+,22-21-,24-17?;;. The summed E-state index contributed by atoms with van der Waals surface area (Å²) in [4.78, 5) is 16.9. The van der Waals surface area contributed by atoms with Gasteiger partial charge in [0.1, 0.15) is 0 Å². The van der Waals surface area contributed by atoms with Gasteiger partial charge in [-0.2, -0.15) is 5.26 Å². The van der Waals surface area contributed by atoms with Gasteiger partial charge in [-0.05, 0) is 62.7 Å². The van der Waals surface area contributed by atoms with Crippen LogP contribution in [0.3, 0.4) is 0 Å². The van der Waals surface area contributed by atoms with Crippen LogP contribution in [0.4, 0.5) is 0 Å². The van der Waals surface area contributed by atoms with Gasteiger partial charge in [0.15, 0.2) is 0 Å². The first kappa shape index (κ1) is 36.5. The Hall–Kier alpha value is -2.67. The predicted molar refractivity (Wildman–Crippen MR) is 162 cm³/mol. The topological polar surface area (TPSA) is 62.4 Å². The predicted octanol–water partition coefficient (Wildman–Crippen LogP) is 9.66. The minimum absolute atomic E-state index is 0.292. The van der Waals surface area contributed by atoms with Crippen LogP contribution in [0.2, 0.25) is 0 Å². The van der Waals surface area contributed by atoms with E-state index in [0.29, 0.717) is 12.2 Å². The molecule has 0 saturated heterocycles. The maximum Gasteiger partial charge on any atom is 0.338 e. The molecule has 1 aliphatic carbocycles. The Bertz CT molecular complexity index is 842. The Morgan fingerprint density at radius 1 is 1.05 bits per heavy atom. The summed E-state index contributed by atoms with van der Waals surface area (Å²) in [5, 5.41) is 7.32. The lowest BCUT2D eigenvalue weighted by atomic mass is 9.88. The number of hydrogen-bond donors (Lipinski definition) is 0. The third kappa shape index (κ3) is 15.9. The molecular weight excluding hydrogens is 456 g/mol. The quantitative estimate of drug-likeness (QED) is 0.114. The number of hydrogen-bond acceptors (Lipinski definition) is 4. The van der Waals surface area contributed by atoms with Crippen LogP contribution in [-0.4, -0.2) is 25.8 Å². The molecule has 4 heteroatoms. The van der Waals surface area contributed by atoms with Crippen LogP contribution in [0, 0.1) is 17.2 Å². The molecule has 1 aliphatic rings. The van der Waals surface area contributed by atoms with Crippen LogP contribution in [0.15, 0.2) is 63.2 Å². The fourth-order valence-corrected chi connectivity index (χ4v) is 4.29. The van der Waals surface area contributed by atoms with E-state index in [9.17, 15) is 4.79 Å². The van der Waals surface area contributed by atoms with Gasteiger partial charge in [0.2, 0.25) is 0 Å². The largest absolute Gasteiger partial charge is 0.462 e. The number of esters is 1. The van der Waals surface area contributed by atoms with Gasteiger partial charge in [-0.15, -0.1) is 0 Å². The maximum absolute atomic E-state index is 12.7. The monoisotopic (exact) mass is 510 g/mol. The number of aliphatic imine (C=N–C) groups is 1. The van der Waals surface area contributed by atoms with Crippen molar-refractivity contribution in [2.24, 2.45) is 10.9 Å². The van der Waals surface area contributed by atoms with E-state index >= 15 is 0 Å². The number of rotatable bonds is 12. The van der Waals surface area contributed by atoms with Crippen molar-refractivity contribution >= 4 is 12.2 Å². The second kappa shape index (κ2) is 25.0. The molecule has 0 atom stereocenters. The first-order chi connectivity index (χ1) is 17.9. The van der Waals surface area contributed by atoms with E-state index in [2.05, 4.69) is 50.9 Å². The first-order valence-corrected chi connectivity index (χ1v) is 14.2. The summed E-state index contributed by atoms with van der Waals surface area (Å²) in [6.45, 7) is 16.3. The average Bonchev–Trinajstić information content (AvgIpc) is 3.40. The van der Waals surface area contributed by atoms with E-state index in [4.69, 9.17) is 10.00 Å². The van der Waals surface area contributed by atoms with Crippen LogP contribution >= 0.6 is 0 Å². The van der Waals surface area contributed by atoms with Crippen molar-refractivity contribution in [2.45, 2.75) is 113 Å². The molecule has 0 spiro atoms. The zero-order valence-electron chi connectivity index (χ0n) is 25.3. The number of carbonyl (C=O) groups excluding carboxylic acids is 1. The summed E-state index contributed by atoms with van der Waals surface area (Å²) in [5.74, 6) is 0.819. The molecule has 0 bridgehead atoms. The highest BCUT2D eigenvalue weighted by molar-refractivity contribution is 6.01. The van der Waals surface area contributed by atoms with Gasteiger partial charge >= 0.3 is 5.97 Å². The molecule has 0 aromatic rings. The van der Waals surface area contributed by atoms with Gasteiger partial charge in [-0.1, -0.05) is 96.6 Å². The fraction of sp³-hybridized carbons (Fsp3) is 0.606. The molecule has 0 N–H and O–H groups in total. The number of carbonyl (C=O) groups is 1. The van der Waals surface area contributed by atoms with E-state index in [1.165, 1.54) is 45.4 Å². The normalized spacial score (nSPS) is 15.5. The van der Waals surface area contributed by atoms with Gasteiger partial charge in [0.05, 0.1) is 18.2 Å². The summed E-state index contributed by atoms with van der Waals surface area (Å²) in [5.41, 5.74) is 4.52. The van der Waals surface area contributed by atoms with Gasteiger partial charge < -0.3 is 4.74 Å². The van der Waals surface area contributed by atoms with E-state index in [1.807, 2.05) is 32.9 Å². The third-order valence-electron chi connectivity index (χ3n) is 5.98. The Morgan fingerprint density at radius 2 is 1.68 bits per heavy atom. The minimum Gasteiger partial charge on any atom is -0.462 e.